The normalized spacial score (nSPS) is 16.0. The van der Waals surface area contributed by atoms with Crippen LogP contribution in [0.4, 0.5) is 0 Å². The number of rotatable bonds is 6. The molecule has 0 saturated carbocycles. The fourth-order valence-electron chi connectivity index (χ4n) is 3.83. The standard InChI is InChI=1S/C23H30N2O3S/c1-16-13-18(3)22(14-17(16)2)19(4)24-23(26)21-9-7-20(8-10-21)15-29(27,28)25-11-5-6-12-25/h7-10,13-14,19H,5-6,11-12,15H2,1-4H3,(H,24,26)/t19-/m1/s1. The average molecular weight is 415 g/mol. The number of hydrogen-bond acceptors (Lipinski definition) is 3. The summed E-state index contributed by atoms with van der Waals surface area (Å²) in [6.45, 7) is 9.41. The van der Waals surface area contributed by atoms with Crippen LogP contribution in [0.1, 0.15) is 64.0 Å². The molecule has 2 aromatic carbocycles. The first-order valence-corrected chi connectivity index (χ1v) is 11.7. The Labute approximate surface area is 174 Å². The zero-order valence-electron chi connectivity index (χ0n) is 17.7. The van der Waals surface area contributed by atoms with Crippen LogP contribution in [0.2, 0.25) is 0 Å². The summed E-state index contributed by atoms with van der Waals surface area (Å²) < 4.78 is 26.5. The molecule has 0 bridgehead atoms. The van der Waals surface area contributed by atoms with E-state index >= 15 is 0 Å². The second kappa shape index (κ2) is 8.67. The Hall–Kier alpha value is -2.18. The Balaban J connectivity index is 1.66. The summed E-state index contributed by atoms with van der Waals surface area (Å²) in [4.78, 5) is 12.7. The highest BCUT2D eigenvalue weighted by atomic mass is 32.2. The van der Waals surface area contributed by atoms with Crippen molar-refractivity contribution in [3.8, 4) is 0 Å². The molecule has 1 N–H and O–H groups in total. The summed E-state index contributed by atoms with van der Waals surface area (Å²) in [6, 6.07) is 11.0. The van der Waals surface area contributed by atoms with Crippen LogP contribution in [-0.2, 0) is 15.8 Å². The number of carbonyl (C=O) groups excluding carboxylic acids is 1. The van der Waals surface area contributed by atoms with E-state index in [1.807, 2.05) is 6.92 Å². The van der Waals surface area contributed by atoms with Crippen molar-refractivity contribution in [1.29, 1.82) is 0 Å². The van der Waals surface area contributed by atoms with E-state index in [1.54, 1.807) is 28.6 Å². The lowest BCUT2D eigenvalue weighted by Gasteiger charge is -2.19. The number of nitrogens with zero attached hydrogens (tertiary/aromatic N) is 1. The van der Waals surface area contributed by atoms with Gasteiger partial charge in [-0.25, -0.2) is 12.7 Å². The summed E-state index contributed by atoms with van der Waals surface area (Å²) >= 11 is 0. The third-order valence-electron chi connectivity index (χ3n) is 5.72. The largest absolute Gasteiger partial charge is 0.346 e. The number of carbonyl (C=O) groups is 1. The van der Waals surface area contributed by atoms with E-state index in [0.717, 1.165) is 24.0 Å². The SMILES string of the molecule is Cc1cc(C)c([C@@H](C)NC(=O)c2ccc(CS(=O)(=O)N3CCCC3)cc2)cc1C. The number of hydrogen-bond donors (Lipinski definition) is 1. The van der Waals surface area contributed by atoms with Gasteiger partial charge in [0.25, 0.3) is 5.91 Å². The van der Waals surface area contributed by atoms with Crippen LogP contribution in [0.3, 0.4) is 0 Å². The lowest BCUT2D eigenvalue weighted by Crippen LogP contribution is -2.29. The van der Waals surface area contributed by atoms with Gasteiger partial charge in [-0.1, -0.05) is 24.3 Å². The predicted octanol–water partition coefficient (Wildman–Crippen LogP) is 4.03. The van der Waals surface area contributed by atoms with Crippen molar-refractivity contribution in [3.05, 3.63) is 69.8 Å². The van der Waals surface area contributed by atoms with E-state index in [9.17, 15) is 13.2 Å². The van der Waals surface area contributed by atoms with Crippen LogP contribution in [0.15, 0.2) is 36.4 Å². The van der Waals surface area contributed by atoms with Crippen molar-refractivity contribution < 1.29 is 13.2 Å². The number of aryl methyl sites for hydroxylation is 3. The zero-order chi connectivity index (χ0) is 21.2. The van der Waals surface area contributed by atoms with Crippen LogP contribution >= 0.6 is 0 Å². The number of sulfonamides is 1. The molecule has 1 heterocycles. The molecule has 156 valence electrons. The molecule has 1 fully saturated rings. The van der Waals surface area contributed by atoms with Gasteiger partial charge >= 0.3 is 0 Å². The second-order valence-corrected chi connectivity index (χ2v) is 10.0. The van der Waals surface area contributed by atoms with Gasteiger partial charge in [-0.05, 0) is 80.5 Å². The quantitative estimate of drug-likeness (QED) is 0.776. The molecule has 0 unspecified atom stereocenters. The molecule has 0 aliphatic carbocycles. The van der Waals surface area contributed by atoms with Gasteiger partial charge in [0.05, 0.1) is 11.8 Å². The lowest BCUT2D eigenvalue weighted by atomic mass is 9.96. The van der Waals surface area contributed by atoms with Gasteiger partial charge < -0.3 is 5.32 Å². The maximum absolute atomic E-state index is 12.7. The molecule has 3 rings (SSSR count). The molecule has 0 aromatic heterocycles. The molecule has 1 saturated heterocycles. The van der Waals surface area contributed by atoms with Crippen LogP contribution < -0.4 is 5.32 Å². The van der Waals surface area contributed by atoms with Gasteiger partial charge in [0, 0.05) is 18.7 Å². The molecule has 0 radical (unpaired) electrons. The third-order valence-corrected chi connectivity index (χ3v) is 7.57. The minimum atomic E-state index is -3.28. The monoisotopic (exact) mass is 414 g/mol. The summed E-state index contributed by atoms with van der Waals surface area (Å²) in [7, 11) is -3.28. The molecule has 2 aromatic rings. The molecule has 5 nitrogen and oxygen atoms in total. The second-order valence-electron chi connectivity index (χ2n) is 8.05. The first kappa shape index (κ1) is 21.5. The van der Waals surface area contributed by atoms with Crippen LogP contribution in [-0.4, -0.2) is 31.7 Å². The van der Waals surface area contributed by atoms with Crippen molar-refractivity contribution in [2.75, 3.05) is 13.1 Å². The minimum absolute atomic E-state index is 0.0207. The predicted molar refractivity (Wildman–Crippen MR) is 116 cm³/mol. The van der Waals surface area contributed by atoms with Gasteiger partial charge in [-0.15, -0.1) is 0 Å². The van der Waals surface area contributed by atoms with Crippen molar-refractivity contribution in [1.82, 2.24) is 9.62 Å². The van der Waals surface area contributed by atoms with Gasteiger partial charge in [-0.3, -0.25) is 4.79 Å². The highest BCUT2D eigenvalue weighted by Crippen LogP contribution is 2.22. The number of benzene rings is 2. The minimum Gasteiger partial charge on any atom is -0.346 e. The Morgan fingerprint density at radius 1 is 1.00 bits per heavy atom. The molecular formula is C23H30N2O3S. The summed E-state index contributed by atoms with van der Waals surface area (Å²) in [6.07, 6.45) is 1.85. The van der Waals surface area contributed by atoms with Crippen LogP contribution in [0.5, 0.6) is 0 Å². The van der Waals surface area contributed by atoms with Gasteiger partial charge in [0.1, 0.15) is 0 Å². The fraction of sp³-hybridized carbons (Fsp3) is 0.435. The molecule has 1 atom stereocenters. The summed E-state index contributed by atoms with van der Waals surface area (Å²) in [5.41, 5.74) is 5.94. The number of amides is 1. The maximum atomic E-state index is 12.7. The maximum Gasteiger partial charge on any atom is 0.251 e. The van der Waals surface area contributed by atoms with E-state index < -0.39 is 10.0 Å². The Kier molecular flexibility index (Phi) is 6.44. The third kappa shape index (κ3) is 5.06. The smallest absolute Gasteiger partial charge is 0.251 e. The average Bonchev–Trinajstić information content (AvgIpc) is 3.20. The summed E-state index contributed by atoms with van der Waals surface area (Å²) in [5, 5.41) is 3.05. The molecule has 6 heteroatoms. The topological polar surface area (TPSA) is 66.5 Å². The molecule has 1 aliphatic rings. The van der Waals surface area contributed by atoms with Crippen molar-refractivity contribution in [3.63, 3.8) is 0 Å². The molecule has 1 amide bonds. The first-order valence-electron chi connectivity index (χ1n) is 10.1. The molecule has 0 spiro atoms. The van der Waals surface area contributed by atoms with Crippen LogP contribution in [0, 0.1) is 20.8 Å². The lowest BCUT2D eigenvalue weighted by molar-refractivity contribution is 0.0940. The highest BCUT2D eigenvalue weighted by molar-refractivity contribution is 7.88. The van der Waals surface area contributed by atoms with E-state index in [0.29, 0.717) is 24.2 Å². The van der Waals surface area contributed by atoms with Crippen molar-refractivity contribution in [2.45, 2.75) is 52.3 Å². The fourth-order valence-corrected chi connectivity index (χ4v) is 5.44. The molecule has 29 heavy (non-hydrogen) atoms. The summed E-state index contributed by atoms with van der Waals surface area (Å²) in [5.74, 6) is -0.184. The van der Waals surface area contributed by atoms with E-state index in [4.69, 9.17) is 0 Å². The molecular weight excluding hydrogens is 384 g/mol. The van der Waals surface area contributed by atoms with Crippen LogP contribution in [0.25, 0.3) is 0 Å². The first-order chi connectivity index (χ1) is 13.7. The van der Waals surface area contributed by atoms with Gasteiger partial charge in [-0.2, -0.15) is 0 Å². The highest BCUT2D eigenvalue weighted by Gasteiger charge is 2.25. The van der Waals surface area contributed by atoms with Crippen molar-refractivity contribution >= 4 is 15.9 Å². The van der Waals surface area contributed by atoms with E-state index in [-0.39, 0.29) is 17.7 Å². The van der Waals surface area contributed by atoms with Gasteiger partial charge in [0.15, 0.2) is 0 Å². The Bertz CT molecular complexity index is 992. The Morgan fingerprint density at radius 3 is 2.21 bits per heavy atom. The molecule has 1 aliphatic heterocycles. The number of nitrogens with one attached hydrogen (secondary N) is 1. The Morgan fingerprint density at radius 2 is 1.59 bits per heavy atom. The van der Waals surface area contributed by atoms with Crippen molar-refractivity contribution in [2.24, 2.45) is 0 Å². The van der Waals surface area contributed by atoms with E-state index in [2.05, 4.69) is 38.2 Å². The zero-order valence-corrected chi connectivity index (χ0v) is 18.5. The van der Waals surface area contributed by atoms with Gasteiger partial charge in [0.2, 0.25) is 10.0 Å². The van der Waals surface area contributed by atoms with E-state index in [1.165, 1.54) is 11.1 Å².